The molecule has 0 radical (unpaired) electrons. The zero-order valence-corrected chi connectivity index (χ0v) is 21.7. The molecule has 2 aliphatic rings. The van der Waals surface area contributed by atoms with Gasteiger partial charge in [0, 0.05) is 30.6 Å². The molecule has 8 nitrogen and oxygen atoms in total. The summed E-state index contributed by atoms with van der Waals surface area (Å²) in [7, 11) is -4.02. The molecule has 1 heterocycles. The molecule has 0 unspecified atom stereocenters. The number of carbonyl (C=O) groups excluding carboxylic acids is 3. The lowest BCUT2D eigenvalue weighted by molar-refractivity contribution is -0.141. The third-order valence-corrected chi connectivity index (χ3v) is 8.89. The summed E-state index contributed by atoms with van der Waals surface area (Å²) < 4.78 is 26.5. The van der Waals surface area contributed by atoms with E-state index < -0.39 is 27.9 Å². The van der Waals surface area contributed by atoms with Crippen LogP contribution in [0.4, 0.5) is 0 Å². The minimum atomic E-state index is -4.02. The number of nitrogens with zero attached hydrogens (tertiary/aromatic N) is 2. The van der Waals surface area contributed by atoms with Gasteiger partial charge in [-0.25, -0.2) is 12.7 Å². The summed E-state index contributed by atoms with van der Waals surface area (Å²) in [5.41, 5.74) is 0.891. The van der Waals surface area contributed by atoms with Gasteiger partial charge in [0.05, 0.1) is 5.56 Å². The molecule has 1 aliphatic heterocycles. The highest BCUT2D eigenvalue weighted by Crippen LogP contribution is 2.30. The van der Waals surface area contributed by atoms with Gasteiger partial charge in [0.25, 0.3) is 15.9 Å². The van der Waals surface area contributed by atoms with Crippen molar-refractivity contribution in [2.45, 2.75) is 69.0 Å². The minimum Gasteiger partial charge on any atom is -0.352 e. The fourth-order valence-corrected chi connectivity index (χ4v) is 6.56. The number of carbonyl (C=O) groups is 3. The number of hydrogen-bond donors (Lipinski definition) is 1. The van der Waals surface area contributed by atoms with E-state index in [1.807, 2.05) is 6.92 Å². The maximum Gasteiger partial charge on any atom is 0.269 e. The van der Waals surface area contributed by atoms with Crippen molar-refractivity contribution in [2.75, 3.05) is 6.54 Å². The van der Waals surface area contributed by atoms with Crippen molar-refractivity contribution < 1.29 is 22.8 Å². The highest BCUT2D eigenvalue weighted by Gasteiger charge is 2.41. The molecule has 0 aromatic heterocycles. The summed E-state index contributed by atoms with van der Waals surface area (Å²) in [6.07, 6.45) is 4.13. The Labute approximate surface area is 216 Å². The predicted octanol–water partition coefficient (Wildman–Crippen LogP) is 3.74. The first-order valence-corrected chi connectivity index (χ1v) is 14.0. The molecule has 1 saturated carbocycles. The highest BCUT2D eigenvalue weighted by atomic mass is 35.5. The molecule has 1 atom stereocenters. The molecule has 36 heavy (non-hydrogen) atoms. The van der Waals surface area contributed by atoms with E-state index in [1.165, 1.54) is 17.0 Å². The maximum absolute atomic E-state index is 13.5. The van der Waals surface area contributed by atoms with Gasteiger partial charge < -0.3 is 10.2 Å². The van der Waals surface area contributed by atoms with Gasteiger partial charge in [-0.05, 0) is 49.1 Å². The first kappa shape index (κ1) is 26.2. The van der Waals surface area contributed by atoms with Crippen LogP contribution in [0.2, 0.25) is 5.02 Å². The first-order chi connectivity index (χ1) is 17.2. The van der Waals surface area contributed by atoms with E-state index in [1.54, 1.807) is 36.4 Å². The van der Waals surface area contributed by atoms with E-state index in [9.17, 15) is 22.8 Å². The van der Waals surface area contributed by atoms with Crippen molar-refractivity contribution in [3.8, 4) is 0 Å². The standard InChI is InChI=1S/C26H30ClN3O5S/c1-2-22(25(32)28-20-7-3-4-8-20)29(17-18-11-13-19(27)14-12-18)24(31)15-16-30-26(33)21-9-5-6-10-23(21)36(30,34)35/h5-6,9-14,20,22H,2-4,7-8,15-17H2,1H3,(H,28,32)/t22-/m1/s1. The Morgan fingerprint density at radius 2 is 1.78 bits per heavy atom. The molecule has 1 aliphatic carbocycles. The van der Waals surface area contributed by atoms with Gasteiger partial charge in [0.2, 0.25) is 11.8 Å². The number of halogens is 1. The van der Waals surface area contributed by atoms with Crippen LogP contribution in [0.5, 0.6) is 0 Å². The Kier molecular flexibility index (Phi) is 8.00. The number of rotatable bonds is 9. The van der Waals surface area contributed by atoms with Gasteiger partial charge in [-0.1, -0.05) is 55.6 Å². The normalized spacial score (nSPS) is 17.6. The van der Waals surface area contributed by atoms with Crippen LogP contribution in [-0.2, 0) is 26.2 Å². The molecule has 0 bridgehead atoms. The number of sulfonamides is 1. The molecule has 1 N–H and O–H groups in total. The Balaban J connectivity index is 1.53. The molecule has 0 spiro atoms. The van der Waals surface area contributed by atoms with Crippen LogP contribution >= 0.6 is 11.6 Å². The minimum absolute atomic E-state index is 0.0529. The summed E-state index contributed by atoms with van der Waals surface area (Å²) >= 11 is 6.01. The summed E-state index contributed by atoms with van der Waals surface area (Å²) in [4.78, 5) is 40.9. The van der Waals surface area contributed by atoms with Crippen LogP contribution < -0.4 is 5.32 Å². The molecule has 192 valence electrons. The molecule has 2 aromatic rings. The molecular formula is C26H30ClN3O5S. The van der Waals surface area contributed by atoms with E-state index in [0.29, 0.717) is 11.4 Å². The Hall–Kier alpha value is -2.91. The molecule has 2 aromatic carbocycles. The zero-order chi connectivity index (χ0) is 25.9. The number of fused-ring (bicyclic) bond motifs is 1. The van der Waals surface area contributed by atoms with E-state index in [0.717, 1.165) is 35.6 Å². The van der Waals surface area contributed by atoms with Crippen molar-refractivity contribution in [1.29, 1.82) is 0 Å². The van der Waals surface area contributed by atoms with Gasteiger partial charge in [-0.15, -0.1) is 0 Å². The topological polar surface area (TPSA) is 104 Å². The highest BCUT2D eigenvalue weighted by molar-refractivity contribution is 7.90. The van der Waals surface area contributed by atoms with Crippen LogP contribution in [0.1, 0.15) is 61.4 Å². The Morgan fingerprint density at radius 3 is 2.42 bits per heavy atom. The summed E-state index contributed by atoms with van der Waals surface area (Å²) in [6.45, 7) is 1.70. The van der Waals surface area contributed by atoms with Crippen LogP contribution in [0, 0.1) is 0 Å². The SMILES string of the molecule is CC[C@H](C(=O)NC1CCCC1)N(Cc1ccc(Cl)cc1)C(=O)CCN1C(=O)c2ccccc2S1(=O)=O. The molecular weight excluding hydrogens is 502 g/mol. The average molecular weight is 532 g/mol. The monoisotopic (exact) mass is 531 g/mol. The predicted molar refractivity (Wildman–Crippen MR) is 136 cm³/mol. The van der Waals surface area contributed by atoms with Crippen molar-refractivity contribution in [2.24, 2.45) is 0 Å². The van der Waals surface area contributed by atoms with Gasteiger partial charge in [-0.2, -0.15) is 0 Å². The van der Waals surface area contributed by atoms with E-state index in [4.69, 9.17) is 11.6 Å². The average Bonchev–Trinajstić information content (AvgIpc) is 3.43. The lowest BCUT2D eigenvalue weighted by Crippen LogP contribution is -2.51. The number of benzene rings is 2. The second-order valence-electron chi connectivity index (χ2n) is 9.19. The third kappa shape index (κ3) is 5.42. The van der Waals surface area contributed by atoms with Crippen LogP contribution in [-0.4, -0.2) is 54.0 Å². The van der Waals surface area contributed by atoms with Crippen LogP contribution in [0.15, 0.2) is 53.4 Å². The fraction of sp³-hybridized carbons (Fsp3) is 0.423. The maximum atomic E-state index is 13.5. The molecule has 10 heteroatoms. The van der Waals surface area contributed by atoms with Crippen molar-refractivity contribution in [3.63, 3.8) is 0 Å². The summed E-state index contributed by atoms with van der Waals surface area (Å²) in [5, 5.41) is 3.63. The van der Waals surface area contributed by atoms with E-state index in [2.05, 4.69) is 5.32 Å². The van der Waals surface area contributed by atoms with Crippen molar-refractivity contribution >= 4 is 39.3 Å². The molecule has 4 rings (SSSR count). The third-order valence-electron chi connectivity index (χ3n) is 6.79. The van der Waals surface area contributed by atoms with Gasteiger partial charge in [0.15, 0.2) is 0 Å². The molecule has 0 saturated heterocycles. The smallest absolute Gasteiger partial charge is 0.269 e. The Morgan fingerprint density at radius 1 is 1.11 bits per heavy atom. The zero-order valence-electron chi connectivity index (χ0n) is 20.2. The van der Waals surface area contributed by atoms with Crippen LogP contribution in [0.3, 0.4) is 0 Å². The van der Waals surface area contributed by atoms with Crippen molar-refractivity contribution in [1.82, 2.24) is 14.5 Å². The lowest BCUT2D eigenvalue weighted by Gasteiger charge is -2.32. The quantitative estimate of drug-likeness (QED) is 0.531. The van der Waals surface area contributed by atoms with Gasteiger partial charge in [0.1, 0.15) is 10.9 Å². The lowest BCUT2D eigenvalue weighted by atomic mass is 10.1. The second-order valence-corrected chi connectivity index (χ2v) is 11.5. The number of hydrogen-bond acceptors (Lipinski definition) is 5. The van der Waals surface area contributed by atoms with E-state index >= 15 is 0 Å². The van der Waals surface area contributed by atoms with Gasteiger partial charge in [-0.3, -0.25) is 14.4 Å². The fourth-order valence-electron chi connectivity index (χ4n) is 4.87. The molecule has 3 amide bonds. The van der Waals surface area contributed by atoms with Crippen LogP contribution in [0.25, 0.3) is 0 Å². The number of nitrogens with one attached hydrogen (secondary N) is 1. The summed E-state index contributed by atoms with van der Waals surface area (Å²) in [6, 6.07) is 12.4. The largest absolute Gasteiger partial charge is 0.352 e. The summed E-state index contributed by atoms with van der Waals surface area (Å²) in [5.74, 6) is -1.27. The van der Waals surface area contributed by atoms with Crippen molar-refractivity contribution in [3.05, 3.63) is 64.7 Å². The first-order valence-electron chi connectivity index (χ1n) is 12.2. The molecule has 1 fully saturated rings. The number of amides is 3. The second kappa shape index (κ2) is 11.0. The van der Waals surface area contributed by atoms with E-state index in [-0.39, 0.29) is 41.9 Å². The van der Waals surface area contributed by atoms with Gasteiger partial charge >= 0.3 is 0 Å². The Bertz CT molecular complexity index is 1240.